The third kappa shape index (κ3) is 11.2. The Kier molecular flexibility index (Phi) is 17.0. The zero-order valence-electron chi connectivity index (χ0n) is 32.7. The number of carbonyl (C=O) groups excluding carboxylic acids is 5. The van der Waals surface area contributed by atoms with Crippen molar-refractivity contribution in [1.82, 2.24) is 35.7 Å². The summed E-state index contributed by atoms with van der Waals surface area (Å²) in [7, 11) is 7.70. The summed E-state index contributed by atoms with van der Waals surface area (Å²) >= 11 is 0. The van der Waals surface area contributed by atoms with Crippen LogP contribution in [-0.2, 0) is 44.6 Å². The lowest BCUT2D eigenvalue weighted by Gasteiger charge is -2.41. The standard InChI is InChI=1S/C36H63N7O8/c1-13-22(4)30(42(9)33(46)29(21(2)3)41-35(48)36(6,7)37-8)27(49-10)18-28(44)43-16-14-15-26(43)31(50-11)23(5)32(45)40-25(34(47)51-12)17-24-19-38-20-39-24/h19-23,25-27,29-31,37H,13-18H2,1-12H3,(H,38,39)(H,40,45)(H,41,48). The van der Waals surface area contributed by atoms with E-state index in [0.29, 0.717) is 18.7 Å². The van der Waals surface area contributed by atoms with E-state index in [1.165, 1.54) is 27.7 Å². The van der Waals surface area contributed by atoms with Crippen LogP contribution in [0, 0.1) is 17.8 Å². The van der Waals surface area contributed by atoms with E-state index in [-0.39, 0.29) is 42.4 Å². The minimum absolute atomic E-state index is 0.00325. The first kappa shape index (κ1) is 43.6. The van der Waals surface area contributed by atoms with Gasteiger partial charge < -0.3 is 44.9 Å². The summed E-state index contributed by atoms with van der Waals surface area (Å²) in [6.07, 6.45) is 3.99. The molecule has 1 aliphatic heterocycles. The van der Waals surface area contributed by atoms with Gasteiger partial charge in [0.15, 0.2) is 0 Å². The molecule has 0 aliphatic carbocycles. The molecule has 4 amide bonds. The maximum absolute atomic E-state index is 14.1. The Balaban J connectivity index is 2.27. The third-order valence-electron chi connectivity index (χ3n) is 10.5. The molecule has 2 heterocycles. The number of likely N-dealkylation sites (N-methyl/N-ethyl adjacent to an activating group) is 2. The van der Waals surface area contributed by atoms with Crippen molar-refractivity contribution in [1.29, 1.82) is 0 Å². The predicted molar refractivity (Wildman–Crippen MR) is 192 cm³/mol. The smallest absolute Gasteiger partial charge is 0.328 e. The molecular formula is C36H63N7O8. The molecule has 0 radical (unpaired) electrons. The van der Waals surface area contributed by atoms with Crippen LogP contribution in [0.2, 0.25) is 0 Å². The van der Waals surface area contributed by atoms with E-state index < -0.39 is 59.7 Å². The maximum atomic E-state index is 14.1. The first-order valence-electron chi connectivity index (χ1n) is 18.0. The van der Waals surface area contributed by atoms with Crippen LogP contribution in [0.4, 0.5) is 0 Å². The lowest BCUT2D eigenvalue weighted by atomic mass is 9.89. The van der Waals surface area contributed by atoms with Crippen molar-refractivity contribution in [3.63, 3.8) is 0 Å². The second-order valence-electron chi connectivity index (χ2n) is 14.5. The Morgan fingerprint density at radius 3 is 2.25 bits per heavy atom. The molecule has 1 fully saturated rings. The van der Waals surface area contributed by atoms with Gasteiger partial charge in [0.05, 0.1) is 55.6 Å². The van der Waals surface area contributed by atoms with Crippen LogP contribution in [0.1, 0.15) is 79.8 Å². The van der Waals surface area contributed by atoms with E-state index in [1.807, 2.05) is 27.7 Å². The van der Waals surface area contributed by atoms with Crippen molar-refractivity contribution in [2.24, 2.45) is 17.8 Å². The molecular weight excluding hydrogens is 658 g/mol. The van der Waals surface area contributed by atoms with Crippen LogP contribution in [0.3, 0.4) is 0 Å². The van der Waals surface area contributed by atoms with Gasteiger partial charge in [0.2, 0.25) is 23.6 Å². The number of H-pyrrole nitrogens is 1. The van der Waals surface area contributed by atoms with Crippen LogP contribution < -0.4 is 16.0 Å². The highest BCUT2D eigenvalue weighted by atomic mass is 16.5. The van der Waals surface area contributed by atoms with Gasteiger partial charge in [-0.2, -0.15) is 0 Å². The number of carbonyl (C=O) groups is 5. The zero-order valence-corrected chi connectivity index (χ0v) is 32.7. The maximum Gasteiger partial charge on any atom is 0.328 e. The van der Waals surface area contributed by atoms with E-state index in [2.05, 4.69) is 25.9 Å². The van der Waals surface area contributed by atoms with Gasteiger partial charge in [0.1, 0.15) is 12.1 Å². The molecule has 51 heavy (non-hydrogen) atoms. The van der Waals surface area contributed by atoms with Gasteiger partial charge in [0, 0.05) is 46.1 Å². The second-order valence-corrected chi connectivity index (χ2v) is 14.5. The van der Waals surface area contributed by atoms with Gasteiger partial charge in [-0.15, -0.1) is 0 Å². The van der Waals surface area contributed by atoms with Crippen molar-refractivity contribution in [2.75, 3.05) is 42.0 Å². The molecule has 0 saturated carbocycles. The number of imidazole rings is 1. The molecule has 15 heteroatoms. The summed E-state index contributed by atoms with van der Waals surface area (Å²) in [5.41, 5.74) is -0.218. The SMILES string of the molecule is CCC(C)C(C(CC(=O)N1CCCC1C(OC)C(C)C(=O)NC(Cc1cnc[nH]1)C(=O)OC)OC)N(C)C(=O)C(NC(=O)C(C)(C)NC)C(C)C. The van der Waals surface area contributed by atoms with E-state index in [0.717, 1.165) is 12.8 Å². The fourth-order valence-corrected chi connectivity index (χ4v) is 6.73. The van der Waals surface area contributed by atoms with Crippen molar-refractivity contribution in [2.45, 2.75) is 122 Å². The fourth-order valence-electron chi connectivity index (χ4n) is 6.73. The number of nitrogens with zero attached hydrogens (tertiary/aromatic N) is 3. The molecule has 0 bridgehead atoms. The lowest BCUT2D eigenvalue weighted by molar-refractivity contribution is -0.149. The van der Waals surface area contributed by atoms with Crippen LogP contribution in [0.15, 0.2) is 12.5 Å². The molecule has 0 spiro atoms. The number of hydrogen-bond acceptors (Lipinski definition) is 10. The average Bonchev–Trinajstić information content (AvgIpc) is 3.81. The Labute approximate surface area is 303 Å². The zero-order chi connectivity index (χ0) is 38.6. The summed E-state index contributed by atoms with van der Waals surface area (Å²) in [6, 6.07) is -2.60. The lowest BCUT2D eigenvalue weighted by Crippen LogP contribution is -2.61. The number of aromatic nitrogens is 2. The molecule has 0 aromatic carbocycles. The summed E-state index contributed by atoms with van der Waals surface area (Å²) < 4.78 is 16.8. The minimum Gasteiger partial charge on any atom is -0.467 e. The quantitative estimate of drug-likeness (QED) is 0.145. The number of hydrogen-bond donors (Lipinski definition) is 4. The normalized spacial score (nSPS) is 19.0. The first-order valence-corrected chi connectivity index (χ1v) is 18.0. The predicted octanol–water partition coefficient (Wildman–Crippen LogP) is 1.67. The summed E-state index contributed by atoms with van der Waals surface area (Å²) in [4.78, 5) is 77.6. The van der Waals surface area contributed by atoms with E-state index in [9.17, 15) is 24.0 Å². The molecule has 290 valence electrons. The van der Waals surface area contributed by atoms with Crippen LogP contribution in [-0.4, -0.2) is 133 Å². The average molecular weight is 722 g/mol. The van der Waals surface area contributed by atoms with E-state index in [1.54, 1.807) is 50.9 Å². The first-order chi connectivity index (χ1) is 24.0. The van der Waals surface area contributed by atoms with Gasteiger partial charge in [-0.25, -0.2) is 9.78 Å². The number of esters is 1. The molecule has 1 aromatic rings. The van der Waals surface area contributed by atoms with Crippen molar-refractivity contribution < 1.29 is 38.2 Å². The Morgan fingerprint density at radius 2 is 1.75 bits per heavy atom. The topological polar surface area (TPSA) is 184 Å². The molecule has 8 unspecified atom stereocenters. The minimum atomic E-state index is -0.942. The monoisotopic (exact) mass is 721 g/mol. The highest BCUT2D eigenvalue weighted by molar-refractivity contribution is 5.92. The van der Waals surface area contributed by atoms with Crippen molar-refractivity contribution in [3.8, 4) is 0 Å². The number of amides is 4. The van der Waals surface area contributed by atoms with E-state index >= 15 is 0 Å². The van der Waals surface area contributed by atoms with Crippen molar-refractivity contribution >= 4 is 29.6 Å². The molecule has 4 N–H and O–H groups in total. The van der Waals surface area contributed by atoms with Gasteiger partial charge in [-0.05, 0) is 45.6 Å². The number of methoxy groups -OCH3 is 3. The fraction of sp³-hybridized carbons (Fsp3) is 0.778. The van der Waals surface area contributed by atoms with Gasteiger partial charge in [0.25, 0.3) is 0 Å². The number of nitrogens with one attached hydrogen (secondary N) is 4. The Hall–Kier alpha value is -3.56. The number of likely N-dealkylation sites (tertiary alicyclic amines) is 1. The molecule has 2 rings (SSSR count). The third-order valence-corrected chi connectivity index (χ3v) is 10.5. The van der Waals surface area contributed by atoms with Crippen LogP contribution >= 0.6 is 0 Å². The molecule has 8 atom stereocenters. The highest BCUT2D eigenvalue weighted by Gasteiger charge is 2.43. The van der Waals surface area contributed by atoms with Gasteiger partial charge >= 0.3 is 5.97 Å². The Morgan fingerprint density at radius 1 is 1.08 bits per heavy atom. The van der Waals surface area contributed by atoms with Crippen molar-refractivity contribution in [3.05, 3.63) is 18.2 Å². The molecule has 1 aliphatic rings. The van der Waals surface area contributed by atoms with Crippen LogP contribution in [0.25, 0.3) is 0 Å². The van der Waals surface area contributed by atoms with Crippen LogP contribution in [0.5, 0.6) is 0 Å². The molecule has 1 saturated heterocycles. The second kappa shape index (κ2) is 19.9. The summed E-state index contributed by atoms with van der Waals surface area (Å²) in [5, 5.41) is 8.71. The van der Waals surface area contributed by atoms with Gasteiger partial charge in [-0.1, -0.05) is 41.0 Å². The number of ether oxygens (including phenoxy) is 3. The summed E-state index contributed by atoms with van der Waals surface area (Å²) in [5.74, 6) is -2.68. The Bertz CT molecular complexity index is 1290. The summed E-state index contributed by atoms with van der Waals surface area (Å²) in [6.45, 7) is 13.5. The largest absolute Gasteiger partial charge is 0.467 e. The number of aromatic amines is 1. The van der Waals surface area contributed by atoms with E-state index in [4.69, 9.17) is 14.2 Å². The number of rotatable bonds is 20. The molecule has 1 aromatic heterocycles. The molecule has 15 nitrogen and oxygen atoms in total. The highest BCUT2D eigenvalue weighted by Crippen LogP contribution is 2.29. The van der Waals surface area contributed by atoms with Gasteiger partial charge in [-0.3, -0.25) is 19.2 Å².